The van der Waals surface area contributed by atoms with Gasteiger partial charge in [-0.25, -0.2) is 0 Å². The lowest BCUT2D eigenvalue weighted by atomic mass is 9.93. The van der Waals surface area contributed by atoms with Gasteiger partial charge in [-0.05, 0) is 68.4 Å². The van der Waals surface area contributed by atoms with Crippen LogP contribution in [0.4, 0.5) is 0 Å². The van der Waals surface area contributed by atoms with Gasteiger partial charge in [-0.3, -0.25) is 0 Å². The molecule has 8 rings (SSSR count). The van der Waals surface area contributed by atoms with Crippen LogP contribution in [0.3, 0.4) is 0 Å². The van der Waals surface area contributed by atoms with Crippen molar-refractivity contribution in [3.8, 4) is 39.1 Å². The van der Waals surface area contributed by atoms with Crippen LogP contribution in [-0.2, 0) is 0 Å². The van der Waals surface area contributed by atoms with Crippen molar-refractivity contribution < 1.29 is 0 Å². The Morgan fingerprint density at radius 1 is 0.371 bits per heavy atom. The Bertz CT molecular complexity index is 1840. The molecule has 0 unspecified atom stereocenters. The molecular weight excluding hydrogens is 422 g/mol. The number of aromatic nitrogens is 1. The van der Waals surface area contributed by atoms with E-state index < -0.39 is 0 Å². The Labute approximate surface area is 203 Å². The predicted molar refractivity (Wildman–Crippen MR) is 148 cm³/mol. The zero-order valence-electron chi connectivity index (χ0n) is 19.1. The highest BCUT2D eigenvalue weighted by Crippen LogP contribution is 2.49. The normalized spacial score (nSPS) is 12.0. The minimum atomic E-state index is 1.19. The first-order valence-corrected chi connectivity index (χ1v) is 12.1. The van der Waals surface area contributed by atoms with Crippen molar-refractivity contribution in [2.75, 3.05) is 0 Å². The molecule has 6 aromatic carbocycles. The molecule has 162 valence electrons. The second kappa shape index (κ2) is 6.94. The van der Waals surface area contributed by atoms with E-state index in [1.165, 1.54) is 71.6 Å². The average Bonchev–Trinajstić information content (AvgIpc) is 3.21. The number of benzene rings is 6. The minimum absolute atomic E-state index is 1.19. The Hall–Kier alpha value is -4.62. The maximum Gasteiger partial charge on any atom is 0.0547 e. The number of fused-ring (bicyclic) bond motifs is 2. The quantitative estimate of drug-likeness (QED) is 0.251. The number of nitrogens with zero attached hydrogens (tertiary/aromatic N) is 1. The van der Waals surface area contributed by atoms with Crippen LogP contribution in [0.1, 0.15) is 0 Å². The van der Waals surface area contributed by atoms with E-state index in [9.17, 15) is 0 Å². The van der Waals surface area contributed by atoms with Gasteiger partial charge in [0.15, 0.2) is 0 Å². The first-order valence-electron chi connectivity index (χ1n) is 12.1. The van der Waals surface area contributed by atoms with Crippen molar-refractivity contribution >= 4 is 32.6 Å². The lowest BCUT2D eigenvalue weighted by Gasteiger charge is -2.14. The highest BCUT2D eigenvalue weighted by atomic mass is 15.0. The highest BCUT2D eigenvalue weighted by molar-refractivity contribution is 6.27. The van der Waals surface area contributed by atoms with Crippen LogP contribution in [0.2, 0.25) is 0 Å². The van der Waals surface area contributed by atoms with Crippen LogP contribution < -0.4 is 0 Å². The molecule has 0 radical (unpaired) electrons. The predicted octanol–water partition coefficient (Wildman–Crippen LogP) is 9.25. The number of hydrogen-bond donors (Lipinski definition) is 0. The van der Waals surface area contributed by atoms with E-state index in [4.69, 9.17) is 0 Å². The molecule has 0 amide bonds. The standard InChI is InChI=1S/C34H21N/c1-2-9-22(10-3-1)24-13-4-14-25(21-24)35-30-19-7-17-28-26-15-5-11-23-12-6-16-27(32(23)26)29-18-8-20-31(35)34(29)33(28)30/h1-21H. The molecule has 0 saturated carbocycles. The fourth-order valence-electron chi connectivity index (χ4n) is 6.08. The average molecular weight is 444 g/mol. The monoisotopic (exact) mass is 443 g/mol. The van der Waals surface area contributed by atoms with Gasteiger partial charge in [0.2, 0.25) is 0 Å². The molecule has 0 atom stereocenters. The molecule has 1 nitrogen and oxygen atoms in total. The van der Waals surface area contributed by atoms with Crippen molar-refractivity contribution in [3.05, 3.63) is 127 Å². The molecule has 1 heteroatoms. The van der Waals surface area contributed by atoms with Crippen LogP contribution in [0.15, 0.2) is 127 Å². The van der Waals surface area contributed by atoms with Crippen LogP contribution in [0.5, 0.6) is 0 Å². The van der Waals surface area contributed by atoms with Gasteiger partial charge in [0.1, 0.15) is 0 Å². The Balaban J connectivity index is 1.53. The summed E-state index contributed by atoms with van der Waals surface area (Å²) < 4.78 is 2.44. The Morgan fingerprint density at radius 2 is 0.886 bits per heavy atom. The number of rotatable bonds is 2. The molecule has 0 bridgehead atoms. The molecule has 0 spiro atoms. The molecular formula is C34H21N. The summed E-state index contributed by atoms with van der Waals surface area (Å²) in [4.78, 5) is 0. The van der Waals surface area contributed by atoms with Gasteiger partial charge >= 0.3 is 0 Å². The van der Waals surface area contributed by atoms with Gasteiger partial charge in [0.25, 0.3) is 0 Å². The van der Waals surface area contributed by atoms with E-state index in [0.717, 1.165) is 0 Å². The van der Waals surface area contributed by atoms with Gasteiger partial charge < -0.3 is 4.57 Å². The SMILES string of the molecule is c1ccc(-c2cccc(-n3c4cccc5c4c4c(cccc43)-c3cccc4cccc-5c34)c2)cc1. The third kappa shape index (κ3) is 2.53. The lowest BCUT2D eigenvalue weighted by molar-refractivity contribution is 1.18. The first-order chi connectivity index (χ1) is 17.4. The fraction of sp³-hybridized carbons (Fsp3) is 0. The molecule has 0 N–H and O–H groups in total. The van der Waals surface area contributed by atoms with Crippen molar-refractivity contribution in [1.82, 2.24) is 4.57 Å². The second-order valence-corrected chi connectivity index (χ2v) is 9.36. The molecule has 1 heterocycles. The van der Waals surface area contributed by atoms with E-state index >= 15 is 0 Å². The zero-order chi connectivity index (χ0) is 22.9. The fourth-order valence-corrected chi connectivity index (χ4v) is 6.08. The summed E-state index contributed by atoms with van der Waals surface area (Å²) in [6.45, 7) is 0. The van der Waals surface area contributed by atoms with E-state index in [-0.39, 0.29) is 0 Å². The Kier molecular flexibility index (Phi) is 3.72. The van der Waals surface area contributed by atoms with Gasteiger partial charge in [-0.2, -0.15) is 0 Å². The topological polar surface area (TPSA) is 4.93 Å². The molecule has 0 saturated heterocycles. The van der Waals surface area contributed by atoms with Crippen LogP contribution >= 0.6 is 0 Å². The molecule has 7 aromatic rings. The molecule has 1 aliphatic rings. The smallest absolute Gasteiger partial charge is 0.0547 e. The van der Waals surface area contributed by atoms with Crippen LogP contribution in [0.25, 0.3) is 71.6 Å². The van der Waals surface area contributed by atoms with Gasteiger partial charge in [-0.15, -0.1) is 0 Å². The first kappa shape index (κ1) is 18.8. The number of hydrogen-bond acceptors (Lipinski definition) is 0. The summed E-state index contributed by atoms with van der Waals surface area (Å²) in [6, 6.07) is 46.5. The van der Waals surface area contributed by atoms with E-state index in [0.29, 0.717) is 0 Å². The van der Waals surface area contributed by atoms with Crippen molar-refractivity contribution in [2.24, 2.45) is 0 Å². The van der Waals surface area contributed by atoms with Gasteiger partial charge in [-0.1, -0.05) is 103 Å². The lowest BCUT2D eigenvalue weighted by Crippen LogP contribution is -1.95. The second-order valence-electron chi connectivity index (χ2n) is 9.36. The van der Waals surface area contributed by atoms with Gasteiger partial charge in [0, 0.05) is 16.5 Å². The maximum absolute atomic E-state index is 2.44. The van der Waals surface area contributed by atoms with E-state index in [1.54, 1.807) is 0 Å². The summed E-state index contributed by atoms with van der Waals surface area (Å²) in [6.07, 6.45) is 0. The highest BCUT2D eigenvalue weighted by Gasteiger charge is 2.24. The molecule has 1 aromatic heterocycles. The van der Waals surface area contributed by atoms with Crippen molar-refractivity contribution in [1.29, 1.82) is 0 Å². The van der Waals surface area contributed by atoms with Crippen LogP contribution in [-0.4, -0.2) is 4.57 Å². The summed E-state index contributed by atoms with van der Waals surface area (Å²) in [5.74, 6) is 0. The van der Waals surface area contributed by atoms with Crippen molar-refractivity contribution in [3.63, 3.8) is 0 Å². The zero-order valence-corrected chi connectivity index (χ0v) is 19.1. The molecule has 0 fully saturated rings. The molecule has 0 aliphatic heterocycles. The molecule has 35 heavy (non-hydrogen) atoms. The van der Waals surface area contributed by atoms with E-state index in [2.05, 4.69) is 132 Å². The van der Waals surface area contributed by atoms with Crippen LogP contribution in [0, 0.1) is 0 Å². The minimum Gasteiger partial charge on any atom is -0.309 e. The Morgan fingerprint density at radius 3 is 1.51 bits per heavy atom. The van der Waals surface area contributed by atoms with E-state index in [1.807, 2.05) is 0 Å². The summed E-state index contributed by atoms with van der Waals surface area (Å²) in [7, 11) is 0. The molecule has 1 aliphatic carbocycles. The maximum atomic E-state index is 2.44. The largest absolute Gasteiger partial charge is 0.309 e. The summed E-state index contributed by atoms with van der Waals surface area (Å²) >= 11 is 0. The van der Waals surface area contributed by atoms with Gasteiger partial charge in [0.05, 0.1) is 11.0 Å². The summed E-state index contributed by atoms with van der Waals surface area (Å²) in [5, 5.41) is 5.32. The summed E-state index contributed by atoms with van der Waals surface area (Å²) in [5.41, 5.74) is 11.4. The third-order valence-electron chi connectivity index (χ3n) is 7.51. The van der Waals surface area contributed by atoms with Crippen molar-refractivity contribution in [2.45, 2.75) is 0 Å². The third-order valence-corrected chi connectivity index (χ3v) is 7.51.